The van der Waals surface area contributed by atoms with Gasteiger partial charge in [-0.3, -0.25) is 4.79 Å². The van der Waals surface area contributed by atoms with Crippen molar-refractivity contribution in [1.82, 2.24) is 0 Å². The molecule has 0 bridgehead atoms. The zero-order chi connectivity index (χ0) is 14.8. The molecule has 1 aromatic rings. The number of nitrogens with two attached hydrogens (primary N) is 1. The Balaban J connectivity index is 2.11. The Bertz CT molecular complexity index is 499. The highest BCUT2D eigenvalue weighted by atomic mass is 19.1. The monoisotopic (exact) mass is 278 g/mol. The van der Waals surface area contributed by atoms with Gasteiger partial charge in [0.1, 0.15) is 5.82 Å². The fourth-order valence-electron chi connectivity index (χ4n) is 2.99. The van der Waals surface area contributed by atoms with E-state index in [9.17, 15) is 9.18 Å². The quantitative estimate of drug-likeness (QED) is 0.890. The number of amides is 1. The van der Waals surface area contributed by atoms with Crippen LogP contribution >= 0.6 is 0 Å². The van der Waals surface area contributed by atoms with Crippen molar-refractivity contribution in [2.24, 2.45) is 17.1 Å². The van der Waals surface area contributed by atoms with Gasteiger partial charge >= 0.3 is 0 Å². The van der Waals surface area contributed by atoms with E-state index in [1.807, 2.05) is 0 Å². The summed E-state index contributed by atoms with van der Waals surface area (Å²) in [5, 5.41) is 2.73. The van der Waals surface area contributed by atoms with Crippen molar-refractivity contribution >= 4 is 11.6 Å². The van der Waals surface area contributed by atoms with Gasteiger partial charge in [0, 0.05) is 12.5 Å². The van der Waals surface area contributed by atoms with Crippen molar-refractivity contribution in [3.05, 3.63) is 29.6 Å². The average Bonchev–Trinajstić information content (AvgIpc) is 2.40. The molecule has 0 spiro atoms. The van der Waals surface area contributed by atoms with Crippen molar-refractivity contribution in [3.63, 3.8) is 0 Å². The maximum atomic E-state index is 13.9. The number of nitrogens with one attached hydrogen (secondary N) is 1. The number of anilines is 1. The molecule has 1 aromatic carbocycles. The molecule has 0 aromatic heterocycles. The lowest BCUT2D eigenvalue weighted by Crippen LogP contribution is -2.37. The first-order valence-corrected chi connectivity index (χ1v) is 7.23. The maximum absolute atomic E-state index is 13.9. The second-order valence-corrected chi connectivity index (χ2v) is 6.29. The molecule has 1 unspecified atom stereocenters. The first kappa shape index (κ1) is 15.0. The highest BCUT2D eigenvalue weighted by Crippen LogP contribution is 2.41. The lowest BCUT2D eigenvalue weighted by Gasteiger charge is -2.37. The number of benzene rings is 1. The van der Waals surface area contributed by atoms with E-state index in [2.05, 4.69) is 19.2 Å². The molecule has 1 saturated carbocycles. The maximum Gasteiger partial charge on any atom is 0.228 e. The molecule has 20 heavy (non-hydrogen) atoms. The van der Waals surface area contributed by atoms with Crippen molar-refractivity contribution in [3.8, 4) is 0 Å². The van der Waals surface area contributed by atoms with Crippen molar-refractivity contribution in [1.29, 1.82) is 0 Å². The third-order valence-corrected chi connectivity index (χ3v) is 4.35. The Hall–Kier alpha value is -1.42. The minimum absolute atomic E-state index is 0.0178. The molecule has 1 fully saturated rings. The molecule has 0 radical (unpaired) electrons. The van der Waals surface area contributed by atoms with E-state index in [1.165, 1.54) is 6.07 Å². The van der Waals surface area contributed by atoms with Gasteiger partial charge in [0.05, 0.1) is 5.69 Å². The smallest absolute Gasteiger partial charge is 0.228 e. The summed E-state index contributed by atoms with van der Waals surface area (Å²) >= 11 is 0. The topological polar surface area (TPSA) is 55.1 Å². The Labute approximate surface area is 119 Å². The van der Waals surface area contributed by atoms with E-state index in [0.717, 1.165) is 31.2 Å². The molecular formula is C16H23FN2O. The van der Waals surface area contributed by atoms with Crippen LogP contribution in [0.5, 0.6) is 0 Å². The van der Waals surface area contributed by atoms with Gasteiger partial charge in [-0.25, -0.2) is 4.39 Å². The number of hydrogen-bond acceptors (Lipinski definition) is 2. The molecule has 1 aliphatic carbocycles. The van der Waals surface area contributed by atoms with E-state index in [1.54, 1.807) is 12.1 Å². The van der Waals surface area contributed by atoms with E-state index >= 15 is 0 Å². The van der Waals surface area contributed by atoms with E-state index in [0.29, 0.717) is 6.54 Å². The molecule has 110 valence electrons. The predicted molar refractivity (Wildman–Crippen MR) is 78.7 cm³/mol. The number of carbonyl (C=O) groups excluding carboxylic acids is 1. The fraction of sp³-hybridized carbons (Fsp3) is 0.562. The number of halogens is 1. The summed E-state index contributed by atoms with van der Waals surface area (Å²) in [5.74, 6) is -0.547. The summed E-state index contributed by atoms with van der Waals surface area (Å²) in [6.45, 7) is 4.52. The Kier molecular flexibility index (Phi) is 4.43. The van der Waals surface area contributed by atoms with E-state index < -0.39 is 5.82 Å². The van der Waals surface area contributed by atoms with Gasteiger partial charge in [0.25, 0.3) is 0 Å². The lowest BCUT2D eigenvalue weighted by molar-refractivity contribution is -0.124. The number of rotatable bonds is 3. The standard InChI is InChI=1S/C16H23FN2O/c1-16(2)8-4-3-5-12(16)15(20)19-14-7-6-11(10-18)9-13(14)17/h6-7,9,12H,3-5,8,10,18H2,1-2H3,(H,19,20). The summed E-state index contributed by atoms with van der Waals surface area (Å²) in [4.78, 5) is 12.4. The summed E-state index contributed by atoms with van der Waals surface area (Å²) in [5.41, 5.74) is 6.42. The van der Waals surface area contributed by atoms with Crippen molar-refractivity contribution < 1.29 is 9.18 Å². The summed E-state index contributed by atoms with van der Waals surface area (Å²) in [7, 11) is 0. The van der Waals surface area contributed by atoms with Crippen LogP contribution in [0.25, 0.3) is 0 Å². The molecule has 3 nitrogen and oxygen atoms in total. The van der Waals surface area contributed by atoms with Crippen LogP contribution in [0.15, 0.2) is 18.2 Å². The van der Waals surface area contributed by atoms with Crippen molar-refractivity contribution in [2.75, 3.05) is 5.32 Å². The highest BCUT2D eigenvalue weighted by Gasteiger charge is 2.37. The van der Waals surface area contributed by atoms with Gasteiger partial charge < -0.3 is 11.1 Å². The summed E-state index contributed by atoms with van der Waals surface area (Å²) < 4.78 is 13.9. The molecule has 2 rings (SSSR count). The summed E-state index contributed by atoms with van der Waals surface area (Å²) in [6, 6.07) is 4.71. The summed E-state index contributed by atoms with van der Waals surface area (Å²) in [6.07, 6.45) is 4.15. The van der Waals surface area contributed by atoms with Gasteiger partial charge in [0.15, 0.2) is 0 Å². The van der Waals surface area contributed by atoms with Gasteiger partial charge in [0.2, 0.25) is 5.91 Å². The van der Waals surface area contributed by atoms with Crippen LogP contribution in [-0.2, 0) is 11.3 Å². The predicted octanol–water partition coefficient (Wildman–Crippen LogP) is 3.44. The molecule has 4 heteroatoms. The second kappa shape index (κ2) is 5.92. The van der Waals surface area contributed by atoms with Crippen LogP contribution in [-0.4, -0.2) is 5.91 Å². The Morgan fingerprint density at radius 3 is 2.80 bits per heavy atom. The third kappa shape index (κ3) is 3.18. The second-order valence-electron chi connectivity index (χ2n) is 6.29. The average molecular weight is 278 g/mol. The minimum Gasteiger partial charge on any atom is -0.326 e. The van der Waals surface area contributed by atoms with Crippen LogP contribution in [0.3, 0.4) is 0 Å². The molecule has 1 atom stereocenters. The Morgan fingerprint density at radius 2 is 2.20 bits per heavy atom. The van der Waals surface area contributed by atoms with Crippen LogP contribution < -0.4 is 11.1 Å². The zero-order valence-electron chi connectivity index (χ0n) is 12.2. The fourth-order valence-corrected chi connectivity index (χ4v) is 2.99. The van der Waals surface area contributed by atoms with E-state index in [4.69, 9.17) is 5.73 Å². The first-order valence-electron chi connectivity index (χ1n) is 7.23. The SMILES string of the molecule is CC1(C)CCCCC1C(=O)Nc1ccc(CN)cc1F. The molecule has 0 aliphatic heterocycles. The lowest BCUT2D eigenvalue weighted by atomic mass is 9.68. The van der Waals surface area contributed by atoms with Crippen LogP contribution in [0.2, 0.25) is 0 Å². The van der Waals surface area contributed by atoms with Gasteiger partial charge in [-0.15, -0.1) is 0 Å². The third-order valence-electron chi connectivity index (χ3n) is 4.35. The first-order chi connectivity index (χ1) is 9.44. The molecule has 0 heterocycles. The molecular weight excluding hydrogens is 255 g/mol. The normalized spacial score (nSPS) is 21.5. The zero-order valence-corrected chi connectivity index (χ0v) is 12.2. The molecule has 3 N–H and O–H groups in total. The van der Waals surface area contributed by atoms with Gasteiger partial charge in [-0.05, 0) is 36.0 Å². The molecule has 0 saturated heterocycles. The number of carbonyl (C=O) groups is 1. The van der Waals surface area contributed by atoms with Crippen LogP contribution in [0.4, 0.5) is 10.1 Å². The van der Waals surface area contributed by atoms with Crippen molar-refractivity contribution in [2.45, 2.75) is 46.1 Å². The minimum atomic E-state index is -0.421. The van der Waals surface area contributed by atoms with E-state index in [-0.39, 0.29) is 22.9 Å². The molecule has 1 amide bonds. The Morgan fingerprint density at radius 1 is 1.45 bits per heavy atom. The largest absolute Gasteiger partial charge is 0.326 e. The van der Waals surface area contributed by atoms with Gasteiger partial charge in [-0.2, -0.15) is 0 Å². The van der Waals surface area contributed by atoms with Crippen LogP contribution in [0, 0.1) is 17.2 Å². The molecule has 1 aliphatic rings. The van der Waals surface area contributed by atoms with Gasteiger partial charge in [-0.1, -0.05) is 32.8 Å². The van der Waals surface area contributed by atoms with Crippen LogP contribution in [0.1, 0.15) is 45.1 Å². The highest BCUT2D eigenvalue weighted by molar-refractivity contribution is 5.93. The number of hydrogen-bond donors (Lipinski definition) is 2.